The number of fused-ring (bicyclic) bond motifs is 1. The van der Waals surface area contributed by atoms with Crippen molar-refractivity contribution in [2.75, 3.05) is 26.4 Å². The molecule has 1 aliphatic heterocycles. The SMILES string of the molecule is CN(C)C(=O)c1sc2nc(C3CCCCN3Cc3ccc(Cl)cn3)ccc2c1N. The van der Waals surface area contributed by atoms with E-state index in [2.05, 4.69) is 9.88 Å². The fraction of sp³-hybridized carbons (Fsp3) is 0.381. The van der Waals surface area contributed by atoms with E-state index in [-0.39, 0.29) is 11.9 Å². The molecule has 2 N–H and O–H groups in total. The molecule has 6 nitrogen and oxygen atoms in total. The van der Waals surface area contributed by atoms with Crippen molar-refractivity contribution in [2.45, 2.75) is 31.8 Å². The van der Waals surface area contributed by atoms with Crippen LogP contribution in [0.25, 0.3) is 10.2 Å². The van der Waals surface area contributed by atoms with Crippen molar-refractivity contribution in [3.8, 4) is 0 Å². The van der Waals surface area contributed by atoms with E-state index >= 15 is 0 Å². The molecule has 1 fully saturated rings. The molecule has 8 heteroatoms. The Bertz CT molecular complexity index is 1030. The van der Waals surface area contributed by atoms with E-state index in [0.717, 1.165) is 41.1 Å². The van der Waals surface area contributed by atoms with Gasteiger partial charge >= 0.3 is 0 Å². The van der Waals surface area contributed by atoms with Crippen LogP contribution in [-0.2, 0) is 6.54 Å². The number of amides is 1. The average Bonchev–Trinajstić information content (AvgIpc) is 3.05. The van der Waals surface area contributed by atoms with Crippen LogP contribution in [0.1, 0.15) is 46.4 Å². The third-order valence-electron chi connectivity index (χ3n) is 5.32. The number of halogens is 1. The second-order valence-electron chi connectivity index (χ2n) is 7.58. The van der Waals surface area contributed by atoms with E-state index in [1.807, 2.05) is 24.3 Å². The monoisotopic (exact) mass is 429 g/mol. The lowest BCUT2D eigenvalue weighted by atomic mass is 9.98. The van der Waals surface area contributed by atoms with Gasteiger partial charge in [-0.15, -0.1) is 11.3 Å². The van der Waals surface area contributed by atoms with Crippen molar-refractivity contribution in [3.05, 3.63) is 51.7 Å². The number of likely N-dealkylation sites (tertiary alicyclic amines) is 1. The molecule has 0 radical (unpaired) electrons. The van der Waals surface area contributed by atoms with Gasteiger partial charge in [0.2, 0.25) is 0 Å². The largest absolute Gasteiger partial charge is 0.397 e. The van der Waals surface area contributed by atoms with E-state index < -0.39 is 0 Å². The summed E-state index contributed by atoms with van der Waals surface area (Å²) in [5.74, 6) is -0.0832. The smallest absolute Gasteiger partial charge is 0.265 e. The summed E-state index contributed by atoms with van der Waals surface area (Å²) in [4.78, 5) is 27.1. The lowest BCUT2D eigenvalue weighted by molar-refractivity contribution is 0.0833. The normalized spacial score (nSPS) is 17.6. The van der Waals surface area contributed by atoms with Crippen molar-refractivity contribution in [1.82, 2.24) is 19.8 Å². The molecule has 1 unspecified atom stereocenters. The van der Waals surface area contributed by atoms with Gasteiger partial charge in [0.05, 0.1) is 28.1 Å². The van der Waals surface area contributed by atoms with Crippen LogP contribution in [0.3, 0.4) is 0 Å². The number of aromatic nitrogens is 2. The number of nitrogen functional groups attached to an aromatic ring is 1. The Morgan fingerprint density at radius 1 is 1.31 bits per heavy atom. The number of hydrogen-bond acceptors (Lipinski definition) is 6. The summed E-state index contributed by atoms with van der Waals surface area (Å²) in [6, 6.07) is 8.13. The van der Waals surface area contributed by atoms with Crippen LogP contribution >= 0.6 is 22.9 Å². The highest BCUT2D eigenvalue weighted by atomic mass is 35.5. The first kappa shape index (κ1) is 20.1. The van der Waals surface area contributed by atoms with Gasteiger partial charge in [-0.3, -0.25) is 14.7 Å². The number of rotatable bonds is 4. The maximum atomic E-state index is 12.4. The topological polar surface area (TPSA) is 75.4 Å². The molecule has 3 aromatic heterocycles. The molecule has 1 amide bonds. The molecule has 0 saturated carbocycles. The first-order chi connectivity index (χ1) is 13.9. The van der Waals surface area contributed by atoms with Gasteiger partial charge in [-0.25, -0.2) is 4.98 Å². The Kier molecular flexibility index (Phi) is 5.72. The first-order valence-electron chi connectivity index (χ1n) is 9.69. The predicted octanol–water partition coefficient (Wildman–Crippen LogP) is 4.36. The number of carbonyl (C=O) groups excluding carboxylic acids is 1. The van der Waals surface area contributed by atoms with Crippen LogP contribution in [0.15, 0.2) is 30.5 Å². The highest BCUT2D eigenvalue weighted by molar-refractivity contribution is 7.21. The molecule has 0 bridgehead atoms. The second kappa shape index (κ2) is 8.26. The van der Waals surface area contributed by atoms with Crippen molar-refractivity contribution >= 4 is 44.7 Å². The molecule has 1 atom stereocenters. The van der Waals surface area contributed by atoms with Gasteiger partial charge in [-0.05, 0) is 43.7 Å². The fourth-order valence-corrected chi connectivity index (χ4v) is 5.02. The number of anilines is 1. The summed E-state index contributed by atoms with van der Waals surface area (Å²) in [6.45, 7) is 1.77. The van der Waals surface area contributed by atoms with Gasteiger partial charge in [0.1, 0.15) is 9.71 Å². The van der Waals surface area contributed by atoms with Gasteiger partial charge in [0, 0.05) is 32.2 Å². The lowest BCUT2D eigenvalue weighted by Gasteiger charge is -2.35. The Balaban J connectivity index is 1.64. The number of piperidine rings is 1. The first-order valence-corrected chi connectivity index (χ1v) is 10.9. The summed E-state index contributed by atoms with van der Waals surface area (Å²) < 4.78 is 0. The molecule has 4 rings (SSSR count). The number of nitrogens with two attached hydrogens (primary N) is 1. The predicted molar refractivity (Wildman–Crippen MR) is 118 cm³/mol. The third kappa shape index (κ3) is 4.08. The van der Waals surface area contributed by atoms with Crippen LogP contribution in [-0.4, -0.2) is 46.3 Å². The maximum absolute atomic E-state index is 12.4. The highest BCUT2D eigenvalue weighted by Gasteiger charge is 2.27. The van der Waals surface area contributed by atoms with E-state index in [4.69, 9.17) is 22.3 Å². The molecule has 4 heterocycles. The molecule has 1 saturated heterocycles. The van der Waals surface area contributed by atoms with Crippen molar-refractivity contribution < 1.29 is 4.79 Å². The Morgan fingerprint density at radius 3 is 2.86 bits per heavy atom. The number of carbonyl (C=O) groups is 1. The lowest BCUT2D eigenvalue weighted by Crippen LogP contribution is -2.33. The quantitative estimate of drug-likeness (QED) is 0.667. The second-order valence-corrected chi connectivity index (χ2v) is 9.02. The van der Waals surface area contributed by atoms with Crippen molar-refractivity contribution in [2.24, 2.45) is 0 Å². The zero-order valence-corrected chi connectivity index (χ0v) is 18.1. The number of thiophene rings is 1. The van der Waals surface area contributed by atoms with E-state index in [9.17, 15) is 4.79 Å². The Hall–Kier alpha value is -2.22. The summed E-state index contributed by atoms with van der Waals surface area (Å²) in [5, 5.41) is 1.50. The van der Waals surface area contributed by atoms with Crippen LogP contribution in [0, 0.1) is 0 Å². The summed E-state index contributed by atoms with van der Waals surface area (Å²) >= 11 is 7.34. The summed E-state index contributed by atoms with van der Waals surface area (Å²) in [7, 11) is 3.46. The van der Waals surface area contributed by atoms with Crippen LogP contribution in [0.2, 0.25) is 5.02 Å². The number of hydrogen-bond donors (Lipinski definition) is 1. The van der Waals surface area contributed by atoms with Gasteiger partial charge in [-0.1, -0.05) is 18.0 Å². The Labute approximate surface area is 179 Å². The fourth-order valence-electron chi connectivity index (χ4n) is 3.78. The molecule has 29 heavy (non-hydrogen) atoms. The number of nitrogens with zero attached hydrogens (tertiary/aromatic N) is 4. The molecule has 152 valence electrons. The van der Waals surface area contributed by atoms with E-state index in [0.29, 0.717) is 15.6 Å². The molecular formula is C21H24ClN5OS. The maximum Gasteiger partial charge on any atom is 0.265 e. The van der Waals surface area contributed by atoms with Crippen LogP contribution in [0.5, 0.6) is 0 Å². The molecule has 0 aromatic carbocycles. The standard InChI is InChI=1S/C21H24ClN5OS/c1-26(2)21(28)19-18(23)15-8-9-16(25-20(15)29-19)17-5-3-4-10-27(17)12-14-7-6-13(22)11-24-14/h6-9,11,17H,3-5,10,12,23H2,1-2H3. The van der Waals surface area contributed by atoms with Gasteiger partial charge < -0.3 is 10.6 Å². The molecule has 0 spiro atoms. The molecule has 3 aromatic rings. The zero-order chi connectivity index (χ0) is 20.5. The number of pyridine rings is 2. The molecule has 1 aliphatic rings. The van der Waals surface area contributed by atoms with Crippen molar-refractivity contribution in [1.29, 1.82) is 0 Å². The minimum absolute atomic E-state index is 0.0832. The van der Waals surface area contributed by atoms with Crippen LogP contribution < -0.4 is 5.73 Å². The van der Waals surface area contributed by atoms with Gasteiger partial charge in [-0.2, -0.15) is 0 Å². The highest BCUT2D eigenvalue weighted by Crippen LogP contribution is 2.37. The van der Waals surface area contributed by atoms with E-state index in [1.54, 1.807) is 25.2 Å². The average molecular weight is 430 g/mol. The minimum atomic E-state index is -0.0832. The van der Waals surface area contributed by atoms with Crippen molar-refractivity contribution in [3.63, 3.8) is 0 Å². The minimum Gasteiger partial charge on any atom is -0.397 e. The molecular weight excluding hydrogens is 406 g/mol. The van der Waals surface area contributed by atoms with Gasteiger partial charge in [0.15, 0.2) is 0 Å². The Morgan fingerprint density at radius 2 is 2.14 bits per heavy atom. The van der Waals surface area contributed by atoms with Crippen LogP contribution in [0.4, 0.5) is 5.69 Å². The summed E-state index contributed by atoms with van der Waals surface area (Å²) in [6.07, 6.45) is 5.08. The zero-order valence-electron chi connectivity index (χ0n) is 16.6. The molecule has 0 aliphatic carbocycles. The summed E-state index contributed by atoms with van der Waals surface area (Å²) in [5.41, 5.74) is 8.79. The van der Waals surface area contributed by atoms with E-state index in [1.165, 1.54) is 24.2 Å². The third-order valence-corrected chi connectivity index (χ3v) is 6.65. The van der Waals surface area contributed by atoms with Gasteiger partial charge in [0.25, 0.3) is 5.91 Å².